The average Bonchev–Trinajstić information content (AvgIpc) is 3.70. The molecule has 4 aromatic carbocycles. The maximum absolute atomic E-state index is 11.0. The van der Waals surface area contributed by atoms with E-state index < -0.39 is 17.0 Å². The van der Waals surface area contributed by atoms with Crippen molar-refractivity contribution in [3.8, 4) is 11.1 Å². The summed E-state index contributed by atoms with van der Waals surface area (Å²) in [5, 5.41) is 2.90. The van der Waals surface area contributed by atoms with E-state index in [9.17, 15) is 4.79 Å². The van der Waals surface area contributed by atoms with Gasteiger partial charge in [-0.05, 0) is 6.42 Å². The van der Waals surface area contributed by atoms with Crippen LogP contribution in [0.25, 0.3) is 11.1 Å². The Bertz CT molecular complexity index is 1250. The molecule has 2 atom stereocenters. The van der Waals surface area contributed by atoms with E-state index in [1.54, 1.807) is 0 Å². The van der Waals surface area contributed by atoms with Gasteiger partial charge in [0.25, 0.3) is 0 Å². The molecule has 0 spiro atoms. The Morgan fingerprint density at radius 2 is 1.49 bits per heavy atom. The first-order chi connectivity index (χ1) is 19.0. The van der Waals surface area contributed by atoms with Gasteiger partial charge in [0.15, 0.2) is 5.91 Å². The number of halogens is 2. The smallest absolute Gasteiger partial charge is 0.103 e. The Morgan fingerprint density at radius 3 is 2.00 bits per heavy atom. The minimum absolute atomic E-state index is 0.104. The van der Waals surface area contributed by atoms with E-state index in [-0.39, 0.29) is 20.8 Å². The van der Waals surface area contributed by atoms with Crippen molar-refractivity contribution in [1.29, 1.82) is 0 Å². The van der Waals surface area contributed by atoms with Gasteiger partial charge in [-0.2, -0.15) is 36.2 Å². The second kappa shape index (κ2) is 15.0. The van der Waals surface area contributed by atoms with Crippen LogP contribution in [0.5, 0.6) is 0 Å². The number of nitrogens with two attached hydrogens (primary N) is 1. The van der Waals surface area contributed by atoms with Crippen LogP contribution in [0.2, 0.25) is 0 Å². The summed E-state index contributed by atoms with van der Waals surface area (Å²) in [5.41, 5.74) is 10.6. The van der Waals surface area contributed by atoms with Crippen LogP contribution < -0.4 is 16.1 Å². The molecular weight excluding hydrogens is 573 g/mol. The maximum Gasteiger partial charge on any atom is 0.103 e. The Hall–Kier alpha value is -2.14. The molecule has 4 aromatic rings. The predicted molar refractivity (Wildman–Crippen MR) is 162 cm³/mol. The molecule has 0 aromatic heterocycles. The summed E-state index contributed by atoms with van der Waals surface area (Å²) in [5.74, 6) is 0.667. The molecule has 2 saturated carbocycles. The zero-order valence-electron chi connectivity index (χ0n) is 21.8. The third-order valence-corrected chi connectivity index (χ3v) is 8.97. The Balaban J connectivity index is 0.000000130. The molecule has 1 radical (unpaired) electrons. The summed E-state index contributed by atoms with van der Waals surface area (Å²) >= 11 is -0.556. The fraction of sp³-hybridized carbons (Fsp3) is 0.212. The number of fused-ring (bicyclic) bond motifs is 5. The van der Waals surface area contributed by atoms with Gasteiger partial charge < -0.3 is 12.2 Å². The van der Waals surface area contributed by atoms with Crippen LogP contribution in [0.4, 0.5) is 0 Å². The number of carbonyl (C=O) groups is 1. The van der Waals surface area contributed by atoms with Crippen LogP contribution in [0, 0.1) is 23.8 Å². The summed E-state index contributed by atoms with van der Waals surface area (Å²) < 4.78 is 0. The molecule has 199 valence electrons. The molecule has 2 unspecified atom stereocenters. The van der Waals surface area contributed by atoms with Gasteiger partial charge in [-0.3, -0.25) is 4.79 Å². The number of hydrogen-bond acceptors (Lipinski definition) is 1. The molecule has 2 N–H and O–H groups in total. The van der Waals surface area contributed by atoms with Crippen LogP contribution >= 0.6 is 18.6 Å². The van der Waals surface area contributed by atoms with E-state index in [2.05, 4.69) is 110 Å². The fourth-order valence-corrected chi connectivity index (χ4v) is 6.79. The molecule has 2 nitrogen and oxygen atoms in total. The topological polar surface area (TPSA) is 43.1 Å². The first-order valence-electron chi connectivity index (χ1n) is 13.2. The number of rotatable bonds is 3. The standard InChI is InChI=1S/C13H9.C12H11Si.C8H12NO.2ClH.Ti/c1-3-7-12-10(5-1)9-11-6-2-4-8-13(11)12;1-3-7-11(8-4-1)13-12-9-5-2-6-10-12;9-7(10)8-3-1-6(5-8)2-4-8;;;/h1-5,7-8H,9H2;1-10,13H;3,6H,1-2,4-5H2,(H2,9,10);2*1H;/q-1;;-1;;;+2/p-2. The van der Waals surface area contributed by atoms with Gasteiger partial charge in [-0.1, -0.05) is 137 Å². The average molecular weight is 605 g/mol. The molecule has 1 amide bonds. The molecule has 7 rings (SSSR count). The van der Waals surface area contributed by atoms with Crippen molar-refractivity contribution in [3.05, 3.63) is 127 Å². The van der Waals surface area contributed by atoms with Gasteiger partial charge in [0, 0.05) is 0 Å². The van der Waals surface area contributed by atoms with Crippen LogP contribution in [0.15, 0.2) is 103 Å². The summed E-state index contributed by atoms with van der Waals surface area (Å²) in [6.07, 6.45) is 7.54. The first kappa shape index (κ1) is 29.8. The Kier molecular flexibility index (Phi) is 11.5. The number of benzene rings is 4. The number of primary amides is 1. The van der Waals surface area contributed by atoms with Crippen molar-refractivity contribution in [2.24, 2.45) is 17.1 Å². The number of amides is 1. The van der Waals surface area contributed by atoms with Gasteiger partial charge >= 0.3 is 35.6 Å². The van der Waals surface area contributed by atoms with E-state index >= 15 is 0 Å². The van der Waals surface area contributed by atoms with E-state index in [0.29, 0.717) is 0 Å². The zero-order chi connectivity index (χ0) is 27.5. The van der Waals surface area contributed by atoms with Crippen LogP contribution in [0.1, 0.15) is 36.8 Å². The van der Waals surface area contributed by atoms with E-state index in [1.165, 1.54) is 39.0 Å². The first-order valence-corrected chi connectivity index (χ1v) is 18.6. The van der Waals surface area contributed by atoms with Crippen LogP contribution in [0.3, 0.4) is 0 Å². The SMILES string of the molecule is NC(=O)C12[CH-]CC(CC1)C2.[Cl][Ti][Cl].[c-]1cccc2c1Cc1ccccc1-2.c1ccc([SiH]c2ccccc2)cc1. The van der Waals surface area contributed by atoms with E-state index in [0.717, 1.165) is 31.6 Å². The van der Waals surface area contributed by atoms with Gasteiger partial charge in [-0.15, -0.1) is 5.56 Å². The normalized spacial score (nSPS) is 19.1. The fourth-order valence-electron chi connectivity index (χ4n) is 5.57. The van der Waals surface area contributed by atoms with Crippen LogP contribution in [-0.4, -0.2) is 15.4 Å². The minimum Gasteiger partial charge on any atom is -0.179 e. The van der Waals surface area contributed by atoms with Crippen molar-refractivity contribution >= 4 is 44.4 Å². The summed E-state index contributed by atoms with van der Waals surface area (Å²) in [6.45, 7) is 0. The Morgan fingerprint density at radius 1 is 0.897 bits per heavy atom. The maximum atomic E-state index is 11.0. The van der Waals surface area contributed by atoms with E-state index in [4.69, 9.17) is 24.3 Å². The summed E-state index contributed by atoms with van der Waals surface area (Å²) in [6, 6.07) is 39.4. The molecular formula is C33H32Cl2NOSiTi-2. The van der Waals surface area contributed by atoms with Crippen molar-refractivity contribution in [1.82, 2.24) is 0 Å². The van der Waals surface area contributed by atoms with Gasteiger partial charge in [-0.25, -0.2) is 0 Å². The Labute approximate surface area is 251 Å². The zero-order valence-corrected chi connectivity index (χ0v) is 26.1. The molecule has 3 aliphatic rings. The van der Waals surface area contributed by atoms with Gasteiger partial charge in [0.1, 0.15) is 9.52 Å². The van der Waals surface area contributed by atoms with Gasteiger partial charge in [0.2, 0.25) is 0 Å². The molecule has 3 aliphatic carbocycles. The third kappa shape index (κ3) is 8.19. The van der Waals surface area contributed by atoms with Crippen molar-refractivity contribution in [2.45, 2.75) is 32.1 Å². The summed E-state index contributed by atoms with van der Waals surface area (Å²) in [4.78, 5) is 11.0. The molecule has 2 bridgehead atoms. The monoisotopic (exact) mass is 604 g/mol. The number of carbonyl (C=O) groups excluding carboxylic acids is 1. The predicted octanol–water partition coefficient (Wildman–Crippen LogP) is 6.37. The molecule has 0 heterocycles. The second-order valence-electron chi connectivity index (χ2n) is 10.0. The third-order valence-electron chi connectivity index (χ3n) is 7.53. The largest absolute Gasteiger partial charge is 0.179 e. The second-order valence-corrected chi connectivity index (χ2v) is 14.2. The molecule has 0 saturated heterocycles. The van der Waals surface area contributed by atoms with Crippen LogP contribution in [-0.2, 0) is 28.2 Å². The summed E-state index contributed by atoms with van der Waals surface area (Å²) in [7, 11) is 10.0. The van der Waals surface area contributed by atoms with Gasteiger partial charge in [0.05, 0.1) is 0 Å². The van der Waals surface area contributed by atoms with Crippen molar-refractivity contribution in [2.75, 3.05) is 0 Å². The van der Waals surface area contributed by atoms with E-state index in [1.807, 2.05) is 6.07 Å². The minimum atomic E-state index is -0.556. The quantitative estimate of drug-likeness (QED) is 0.189. The number of hydrogen-bond donors (Lipinski definition) is 1. The molecule has 0 aliphatic heterocycles. The molecule has 2 fully saturated rings. The van der Waals surface area contributed by atoms with Crippen molar-refractivity contribution < 1.29 is 21.8 Å². The van der Waals surface area contributed by atoms with Crippen molar-refractivity contribution in [3.63, 3.8) is 0 Å². The molecule has 39 heavy (non-hydrogen) atoms. The molecule has 6 heteroatoms.